The zero-order valence-electron chi connectivity index (χ0n) is 20.0. The average Bonchev–Trinajstić information content (AvgIpc) is 3.20. The highest BCUT2D eigenvalue weighted by molar-refractivity contribution is 5.90. The third-order valence-corrected chi connectivity index (χ3v) is 7.20. The molecule has 0 unspecified atom stereocenters. The molecule has 0 amide bonds. The smallest absolute Gasteiger partial charge is 0.116 e. The van der Waals surface area contributed by atoms with Gasteiger partial charge in [-0.15, -0.1) is 0 Å². The van der Waals surface area contributed by atoms with E-state index >= 15 is 0 Å². The molecule has 1 aliphatic rings. The van der Waals surface area contributed by atoms with E-state index < -0.39 is 5.41 Å². The lowest BCUT2D eigenvalue weighted by molar-refractivity contribution is 0.437. The summed E-state index contributed by atoms with van der Waals surface area (Å²) in [4.78, 5) is 0. The van der Waals surface area contributed by atoms with Gasteiger partial charge in [0.1, 0.15) is 11.5 Å². The predicted molar refractivity (Wildman–Crippen MR) is 148 cm³/mol. The summed E-state index contributed by atoms with van der Waals surface area (Å²) in [6.07, 6.45) is 5.28. The van der Waals surface area contributed by atoms with Crippen molar-refractivity contribution in [2.75, 3.05) is 0 Å². The number of rotatable bonds is 4. The molecular formula is C34H26O2. The van der Waals surface area contributed by atoms with Crippen LogP contribution in [0, 0.1) is 0 Å². The summed E-state index contributed by atoms with van der Waals surface area (Å²) in [6.45, 7) is 1.89. The number of allylic oxidation sites excluding steroid dienone is 2. The molecule has 36 heavy (non-hydrogen) atoms. The van der Waals surface area contributed by atoms with Gasteiger partial charge in [0.2, 0.25) is 0 Å². The highest BCUT2D eigenvalue weighted by Crippen LogP contribution is 2.56. The van der Waals surface area contributed by atoms with Gasteiger partial charge in [0.15, 0.2) is 0 Å². The minimum absolute atomic E-state index is 0.231. The van der Waals surface area contributed by atoms with E-state index in [9.17, 15) is 10.2 Å². The fraction of sp³-hybridized carbons (Fsp3) is 0.0588. The normalized spacial score (nSPS) is 14.2. The van der Waals surface area contributed by atoms with Crippen LogP contribution >= 0.6 is 0 Å². The first-order chi connectivity index (χ1) is 17.6. The van der Waals surface area contributed by atoms with Crippen LogP contribution in [0.15, 0.2) is 127 Å². The van der Waals surface area contributed by atoms with E-state index in [1.807, 2.05) is 19.1 Å². The number of phenols is 1. The van der Waals surface area contributed by atoms with E-state index in [1.54, 1.807) is 24.3 Å². The average molecular weight is 467 g/mol. The Kier molecular flexibility index (Phi) is 5.23. The summed E-state index contributed by atoms with van der Waals surface area (Å²) in [6, 6.07) is 37.9. The largest absolute Gasteiger partial charge is 0.508 e. The molecular weight excluding hydrogens is 440 g/mol. The van der Waals surface area contributed by atoms with Gasteiger partial charge < -0.3 is 10.2 Å². The fourth-order valence-electron chi connectivity index (χ4n) is 5.71. The summed E-state index contributed by atoms with van der Waals surface area (Å²) < 4.78 is 0. The van der Waals surface area contributed by atoms with Crippen LogP contribution in [0.25, 0.3) is 28.0 Å². The van der Waals surface area contributed by atoms with Crippen LogP contribution in [-0.4, -0.2) is 10.2 Å². The van der Waals surface area contributed by atoms with Crippen molar-refractivity contribution in [2.45, 2.75) is 12.3 Å². The number of fused-ring (bicyclic) bond motifs is 4. The molecule has 2 N–H and O–H groups in total. The minimum Gasteiger partial charge on any atom is -0.508 e. The van der Waals surface area contributed by atoms with Gasteiger partial charge in [0.05, 0.1) is 5.41 Å². The molecule has 5 aromatic carbocycles. The zero-order chi connectivity index (χ0) is 24.7. The van der Waals surface area contributed by atoms with Crippen LogP contribution in [0.3, 0.4) is 0 Å². The first kappa shape index (κ1) is 21.9. The molecule has 0 saturated heterocycles. The lowest BCUT2D eigenvalue weighted by Gasteiger charge is -2.34. The minimum atomic E-state index is -0.493. The highest BCUT2D eigenvalue weighted by atomic mass is 16.3. The lowest BCUT2D eigenvalue weighted by atomic mass is 9.67. The molecule has 1 aliphatic carbocycles. The topological polar surface area (TPSA) is 40.5 Å². The Labute approximate surface area is 211 Å². The molecule has 5 aromatic rings. The SMILES string of the molecule is C/C=C\C(O)=C/c1ccc(C2(c3ccc4cc(O)ccc4c3)c3ccccc3-c3ccccc32)cc1. The molecule has 0 heterocycles. The van der Waals surface area contributed by atoms with Crippen molar-refractivity contribution in [3.05, 3.63) is 155 Å². The van der Waals surface area contributed by atoms with Gasteiger partial charge in [-0.1, -0.05) is 97.1 Å². The number of aliphatic hydroxyl groups is 1. The van der Waals surface area contributed by atoms with E-state index in [2.05, 4.69) is 91.0 Å². The van der Waals surface area contributed by atoms with Gasteiger partial charge in [-0.3, -0.25) is 0 Å². The summed E-state index contributed by atoms with van der Waals surface area (Å²) in [5, 5.41) is 22.2. The maximum atomic E-state index is 10.1. The van der Waals surface area contributed by atoms with E-state index in [0.29, 0.717) is 0 Å². The second-order valence-corrected chi connectivity index (χ2v) is 9.28. The standard InChI is InChI=1S/C34H26O2/c1-2-7-28(35)20-23-12-16-26(17-13-23)34(27-18-14-25-22-29(36)19-15-24(25)21-27)32-10-5-3-8-30(32)31-9-4-6-11-33(31)34/h2-22,35-36H,1H3/b7-2-,28-20+. The van der Waals surface area contributed by atoms with Crippen LogP contribution in [0.5, 0.6) is 5.75 Å². The van der Waals surface area contributed by atoms with Gasteiger partial charge in [0, 0.05) is 0 Å². The van der Waals surface area contributed by atoms with Gasteiger partial charge in [-0.05, 0) is 87.0 Å². The Morgan fingerprint density at radius 2 is 1.25 bits per heavy atom. The van der Waals surface area contributed by atoms with Gasteiger partial charge in [-0.25, -0.2) is 0 Å². The molecule has 0 bridgehead atoms. The number of hydrogen-bond donors (Lipinski definition) is 2. The predicted octanol–water partition coefficient (Wildman–Crippen LogP) is 8.38. The maximum absolute atomic E-state index is 10.1. The van der Waals surface area contributed by atoms with Crippen LogP contribution in [0.1, 0.15) is 34.7 Å². The number of aliphatic hydroxyl groups excluding tert-OH is 1. The van der Waals surface area contributed by atoms with Crippen LogP contribution in [0.4, 0.5) is 0 Å². The van der Waals surface area contributed by atoms with E-state index in [4.69, 9.17) is 0 Å². The van der Waals surface area contributed by atoms with E-state index in [0.717, 1.165) is 16.3 Å². The fourth-order valence-corrected chi connectivity index (χ4v) is 5.71. The Balaban J connectivity index is 1.65. The Morgan fingerprint density at radius 1 is 0.667 bits per heavy atom. The molecule has 0 fully saturated rings. The Bertz CT molecular complexity index is 1610. The molecule has 2 nitrogen and oxygen atoms in total. The molecule has 2 heteroatoms. The van der Waals surface area contributed by atoms with Crippen LogP contribution in [-0.2, 0) is 5.41 Å². The molecule has 0 aliphatic heterocycles. The van der Waals surface area contributed by atoms with Crippen molar-refractivity contribution in [3.8, 4) is 16.9 Å². The third-order valence-electron chi connectivity index (χ3n) is 7.20. The van der Waals surface area contributed by atoms with Crippen LogP contribution in [0.2, 0.25) is 0 Å². The third kappa shape index (κ3) is 3.34. The second-order valence-electron chi connectivity index (χ2n) is 9.28. The molecule has 0 saturated carbocycles. The number of benzene rings is 5. The van der Waals surface area contributed by atoms with Crippen molar-refractivity contribution >= 4 is 16.8 Å². The van der Waals surface area contributed by atoms with Crippen molar-refractivity contribution in [3.63, 3.8) is 0 Å². The lowest BCUT2D eigenvalue weighted by Crippen LogP contribution is -2.28. The van der Waals surface area contributed by atoms with Gasteiger partial charge in [0.25, 0.3) is 0 Å². The van der Waals surface area contributed by atoms with Crippen LogP contribution < -0.4 is 0 Å². The number of aromatic hydroxyl groups is 1. The first-order valence-corrected chi connectivity index (χ1v) is 12.2. The van der Waals surface area contributed by atoms with Crippen molar-refractivity contribution in [1.29, 1.82) is 0 Å². The van der Waals surface area contributed by atoms with Crippen molar-refractivity contribution in [1.82, 2.24) is 0 Å². The molecule has 174 valence electrons. The highest BCUT2D eigenvalue weighted by Gasteiger charge is 2.45. The van der Waals surface area contributed by atoms with Crippen molar-refractivity contribution < 1.29 is 10.2 Å². The number of phenolic OH excluding ortho intramolecular Hbond substituents is 1. The molecule has 0 atom stereocenters. The number of hydrogen-bond acceptors (Lipinski definition) is 2. The summed E-state index contributed by atoms with van der Waals surface area (Å²) in [5.74, 6) is 0.501. The second kappa shape index (κ2) is 8.58. The molecule has 0 aromatic heterocycles. The summed E-state index contributed by atoms with van der Waals surface area (Å²) >= 11 is 0. The van der Waals surface area contributed by atoms with E-state index in [-0.39, 0.29) is 11.5 Å². The zero-order valence-corrected chi connectivity index (χ0v) is 20.0. The molecule has 6 rings (SSSR count). The monoisotopic (exact) mass is 466 g/mol. The molecule has 0 spiro atoms. The quantitative estimate of drug-likeness (QED) is 0.202. The summed E-state index contributed by atoms with van der Waals surface area (Å²) in [7, 11) is 0. The molecule has 0 radical (unpaired) electrons. The summed E-state index contributed by atoms with van der Waals surface area (Å²) in [5.41, 5.74) is 7.79. The van der Waals surface area contributed by atoms with Gasteiger partial charge >= 0.3 is 0 Å². The first-order valence-electron chi connectivity index (χ1n) is 12.2. The van der Waals surface area contributed by atoms with Crippen molar-refractivity contribution in [2.24, 2.45) is 0 Å². The Morgan fingerprint density at radius 3 is 1.92 bits per heavy atom. The Hall–Kier alpha value is -4.56. The maximum Gasteiger partial charge on any atom is 0.116 e. The van der Waals surface area contributed by atoms with E-state index in [1.165, 1.54) is 33.4 Å². The van der Waals surface area contributed by atoms with Gasteiger partial charge in [-0.2, -0.15) is 0 Å².